The predicted octanol–water partition coefficient (Wildman–Crippen LogP) is 3.42. The van der Waals surface area contributed by atoms with Gasteiger partial charge in [-0.15, -0.1) is 0 Å². The lowest BCUT2D eigenvalue weighted by Crippen LogP contribution is -2.31. The molecule has 1 aliphatic heterocycles. The summed E-state index contributed by atoms with van der Waals surface area (Å²) in [5.74, 6) is -1.53. The van der Waals surface area contributed by atoms with Crippen molar-refractivity contribution in [1.29, 1.82) is 0 Å². The molecule has 2 aromatic rings. The number of urea groups is 1. The van der Waals surface area contributed by atoms with Crippen molar-refractivity contribution in [3.63, 3.8) is 0 Å². The van der Waals surface area contributed by atoms with Crippen LogP contribution in [-0.4, -0.2) is 30.0 Å². The van der Waals surface area contributed by atoms with Gasteiger partial charge in [-0.2, -0.15) is 0 Å². The Hall–Kier alpha value is -2.96. The third-order valence-electron chi connectivity index (χ3n) is 4.55. The van der Waals surface area contributed by atoms with Crippen LogP contribution in [-0.2, 0) is 17.8 Å². The second-order valence-corrected chi connectivity index (χ2v) is 6.42. The van der Waals surface area contributed by atoms with Crippen LogP contribution in [0.3, 0.4) is 0 Å². The minimum absolute atomic E-state index is 0.0865. The first-order chi connectivity index (χ1) is 13.0. The second kappa shape index (κ2) is 8.16. The maximum atomic E-state index is 13.3. The van der Waals surface area contributed by atoms with E-state index in [4.69, 9.17) is 4.74 Å². The number of halogens is 2. The Balaban J connectivity index is 1.54. The summed E-state index contributed by atoms with van der Waals surface area (Å²) in [6.07, 6.45) is 2.00. The summed E-state index contributed by atoms with van der Waals surface area (Å²) >= 11 is 0. The largest absolute Gasteiger partial charge is 0.497 e. The van der Waals surface area contributed by atoms with Gasteiger partial charge in [0.05, 0.1) is 13.7 Å². The Kier molecular flexibility index (Phi) is 5.69. The lowest BCUT2D eigenvalue weighted by molar-refractivity contribution is -0.128. The fraction of sp³-hybridized carbons (Fsp3) is 0.300. The number of methoxy groups -OCH3 is 1. The topological polar surface area (TPSA) is 58.6 Å². The smallest absolute Gasteiger partial charge is 0.325 e. The van der Waals surface area contributed by atoms with Gasteiger partial charge in [0.15, 0.2) is 11.6 Å². The fourth-order valence-electron chi connectivity index (χ4n) is 3.05. The van der Waals surface area contributed by atoms with E-state index in [0.717, 1.165) is 41.2 Å². The van der Waals surface area contributed by atoms with Gasteiger partial charge >= 0.3 is 6.03 Å². The predicted molar refractivity (Wildman–Crippen MR) is 95.2 cm³/mol. The van der Waals surface area contributed by atoms with Crippen LogP contribution in [0, 0.1) is 11.6 Å². The van der Waals surface area contributed by atoms with E-state index in [2.05, 4.69) is 5.32 Å². The number of imide groups is 1. The van der Waals surface area contributed by atoms with Gasteiger partial charge in [-0.05, 0) is 54.7 Å². The Labute approximate surface area is 155 Å². The summed E-state index contributed by atoms with van der Waals surface area (Å²) < 4.78 is 31.4. The molecule has 3 rings (SSSR count). The van der Waals surface area contributed by atoms with Crippen molar-refractivity contribution in [2.45, 2.75) is 31.8 Å². The quantitative estimate of drug-likeness (QED) is 0.756. The van der Waals surface area contributed by atoms with Crippen molar-refractivity contribution in [1.82, 2.24) is 10.2 Å². The number of aryl methyl sites for hydroxylation is 1. The van der Waals surface area contributed by atoms with Crippen molar-refractivity contribution >= 4 is 11.9 Å². The number of benzene rings is 2. The van der Waals surface area contributed by atoms with Crippen LogP contribution in [0.1, 0.15) is 24.0 Å². The number of nitrogens with one attached hydrogen (secondary N) is 1. The Bertz CT molecular complexity index is 840. The van der Waals surface area contributed by atoms with Gasteiger partial charge in [-0.3, -0.25) is 9.69 Å². The molecule has 0 radical (unpaired) electrons. The second-order valence-electron chi connectivity index (χ2n) is 6.42. The highest BCUT2D eigenvalue weighted by Crippen LogP contribution is 2.18. The van der Waals surface area contributed by atoms with Gasteiger partial charge < -0.3 is 10.1 Å². The molecular formula is C20H20F2N2O3. The van der Waals surface area contributed by atoms with E-state index in [1.807, 2.05) is 24.3 Å². The molecule has 2 aromatic carbocycles. The molecule has 0 spiro atoms. The average Bonchev–Trinajstić information content (AvgIpc) is 2.93. The molecule has 7 heteroatoms. The molecule has 5 nitrogen and oxygen atoms in total. The molecule has 1 unspecified atom stereocenters. The average molecular weight is 374 g/mol. The molecular weight excluding hydrogens is 354 g/mol. The van der Waals surface area contributed by atoms with Crippen molar-refractivity contribution < 1.29 is 23.1 Å². The van der Waals surface area contributed by atoms with E-state index in [0.29, 0.717) is 12.0 Å². The van der Waals surface area contributed by atoms with Crippen molar-refractivity contribution in [2.24, 2.45) is 0 Å². The third kappa shape index (κ3) is 4.42. The number of rotatable bonds is 7. The SMILES string of the molecule is COc1ccc(CCCC2NC(=O)N(Cc3ccc(F)c(F)c3)C2=O)cc1. The molecule has 0 bridgehead atoms. The fourth-order valence-corrected chi connectivity index (χ4v) is 3.05. The normalized spacial score (nSPS) is 16.6. The molecule has 0 saturated carbocycles. The van der Waals surface area contributed by atoms with Crippen LogP contribution in [0.4, 0.5) is 13.6 Å². The van der Waals surface area contributed by atoms with Crippen LogP contribution in [0.5, 0.6) is 5.75 Å². The molecule has 142 valence electrons. The Morgan fingerprint density at radius 2 is 1.74 bits per heavy atom. The number of amides is 3. The van der Waals surface area contributed by atoms with Crippen LogP contribution in [0.25, 0.3) is 0 Å². The standard InChI is InChI=1S/C20H20F2N2O3/c1-27-15-8-5-13(6-9-15)3-2-4-18-19(25)24(20(26)23-18)12-14-7-10-16(21)17(22)11-14/h5-11,18H,2-4,12H2,1H3,(H,23,26). The van der Waals surface area contributed by atoms with Crippen LogP contribution < -0.4 is 10.1 Å². The van der Waals surface area contributed by atoms with Crippen LogP contribution >= 0.6 is 0 Å². The van der Waals surface area contributed by atoms with Gasteiger partial charge in [-0.25, -0.2) is 13.6 Å². The minimum atomic E-state index is -1.00. The van der Waals surface area contributed by atoms with Crippen molar-refractivity contribution in [3.05, 3.63) is 65.2 Å². The minimum Gasteiger partial charge on any atom is -0.497 e. The number of hydrogen-bond acceptors (Lipinski definition) is 3. The summed E-state index contributed by atoms with van der Waals surface area (Å²) in [7, 11) is 1.61. The van der Waals surface area contributed by atoms with E-state index in [-0.39, 0.29) is 12.5 Å². The Morgan fingerprint density at radius 3 is 2.41 bits per heavy atom. The zero-order valence-electron chi connectivity index (χ0n) is 14.9. The number of carbonyl (C=O) groups excluding carboxylic acids is 2. The van der Waals surface area contributed by atoms with E-state index in [9.17, 15) is 18.4 Å². The highest BCUT2D eigenvalue weighted by molar-refractivity contribution is 6.04. The first-order valence-corrected chi connectivity index (χ1v) is 8.66. The summed E-state index contributed by atoms with van der Waals surface area (Å²) in [5.41, 5.74) is 1.47. The molecule has 0 aromatic heterocycles. The first kappa shape index (κ1) is 18.8. The van der Waals surface area contributed by atoms with Crippen molar-refractivity contribution in [2.75, 3.05) is 7.11 Å². The summed E-state index contributed by atoms with van der Waals surface area (Å²) in [5, 5.41) is 2.65. The molecule has 27 heavy (non-hydrogen) atoms. The number of nitrogens with zero attached hydrogens (tertiary/aromatic N) is 1. The van der Waals surface area contributed by atoms with Gasteiger partial charge in [-0.1, -0.05) is 18.2 Å². The Morgan fingerprint density at radius 1 is 1.04 bits per heavy atom. The number of hydrogen-bond donors (Lipinski definition) is 1. The highest BCUT2D eigenvalue weighted by Gasteiger charge is 2.37. The number of ether oxygens (including phenoxy) is 1. The molecule has 1 atom stereocenters. The van der Waals surface area contributed by atoms with Crippen molar-refractivity contribution in [3.8, 4) is 5.75 Å². The molecule has 0 aliphatic carbocycles. The first-order valence-electron chi connectivity index (χ1n) is 8.66. The van der Waals surface area contributed by atoms with Crippen LogP contribution in [0.2, 0.25) is 0 Å². The molecule has 1 fully saturated rings. The monoisotopic (exact) mass is 374 g/mol. The van der Waals surface area contributed by atoms with Gasteiger partial charge in [0, 0.05) is 0 Å². The van der Waals surface area contributed by atoms with E-state index < -0.39 is 23.7 Å². The van der Waals surface area contributed by atoms with Gasteiger partial charge in [0.25, 0.3) is 5.91 Å². The molecule has 1 aliphatic rings. The van der Waals surface area contributed by atoms with E-state index in [1.165, 1.54) is 6.07 Å². The van der Waals surface area contributed by atoms with Gasteiger partial charge in [0.1, 0.15) is 11.8 Å². The summed E-state index contributed by atoms with van der Waals surface area (Å²) in [4.78, 5) is 25.6. The van der Waals surface area contributed by atoms with Crippen LogP contribution in [0.15, 0.2) is 42.5 Å². The lowest BCUT2D eigenvalue weighted by Gasteiger charge is -2.13. The summed E-state index contributed by atoms with van der Waals surface area (Å²) in [6.45, 7) is -0.0865. The molecule has 1 saturated heterocycles. The van der Waals surface area contributed by atoms with Gasteiger partial charge in [0.2, 0.25) is 0 Å². The zero-order chi connectivity index (χ0) is 19.4. The lowest BCUT2D eigenvalue weighted by atomic mass is 10.0. The highest BCUT2D eigenvalue weighted by atomic mass is 19.2. The van der Waals surface area contributed by atoms with E-state index >= 15 is 0 Å². The summed E-state index contributed by atoms with van der Waals surface area (Å²) in [6, 6.07) is 9.90. The molecule has 3 amide bonds. The third-order valence-corrected chi connectivity index (χ3v) is 4.55. The maximum Gasteiger partial charge on any atom is 0.325 e. The molecule has 1 N–H and O–H groups in total. The van der Waals surface area contributed by atoms with E-state index in [1.54, 1.807) is 7.11 Å². The maximum absolute atomic E-state index is 13.3. The molecule has 1 heterocycles. The number of carbonyl (C=O) groups is 2. The zero-order valence-corrected chi connectivity index (χ0v) is 14.9.